The summed E-state index contributed by atoms with van der Waals surface area (Å²) in [5.74, 6) is -0.320. The minimum absolute atomic E-state index is 0.0538. The minimum atomic E-state index is -3.59. The van der Waals surface area contributed by atoms with Gasteiger partial charge in [0.2, 0.25) is 5.91 Å². The Morgan fingerprint density at radius 3 is 2.59 bits per heavy atom. The van der Waals surface area contributed by atoms with E-state index in [1.165, 1.54) is 6.07 Å². The number of hydrogen-bond acceptors (Lipinski definition) is 5. The van der Waals surface area contributed by atoms with Crippen LogP contribution in [-0.2, 0) is 34.2 Å². The number of nitrogens with one attached hydrogen (secondary N) is 1. The molecule has 34 heavy (non-hydrogen) atoms. The SMILES string of the molecule is CS(=O)(=O)c1cc(NC(=O)Cc2ccccc2Cl)cc2nn(Cc3ccc(CO)cc3Br)cc12. The highest BCUT2D eigenvalue weighted by Crippen LogP contribution is 2.28. The smallest absolute Gasteiger partial charge is 0.228 e. The summed E-state index contributed by atoms with van der Waals surface area (Å²) < 4.78 is 27.5. The maximum Gasteiger partial charge on any atom is 0.228 e. The van der Waals surface area contributed by atoms with Crippen LogP contribution in [0.3, 0.4) is 0 Å². The number of aliphatic hydroxyl groups is 1. The number of nitrogens with zero attached hydrogens (tertiary/aromatic N) is 2. The van der Waals surface area contributed by atoms with E-state index >= 15 is 0 Å². The van der Waals surface area contributed by atoms with Crippen molar-refractivity contribution in [2.45, 2.75) is 24.5 Å². The molecule has 0 atom stereocenters. The Labute approximate surface area is 210 Å². The number of rotatable bonds is 7. The Balaban J connectivity index is 1.66. The van der Waals surface area contributed by atoms with Gasteiger partial charge in [0, 0.05) is 33.0 Å². The predicted octanol–water partition coefficient (Wildman–Crippen LogP) is 4.58. The number of carbonyl (C=O) groups excluding carboxylic acids is 1. The molecule has 0 bridgehead atoms. The molecule has 3 aromatic carbocycles. The van der Waals surface area contributed by atoms with Crippen molar-refractivity contribution in [3.8, 4) is 0 Å². The molecule has 0 saturated carbocycles. The van der Waals surface area contributed by atoms with E-state index in [-0.39, 0.29) is 23.8 Å². The summed E-state index contributed by atoms with van der Waals surface area (Å²) in [5.41, 5.74) is 3.15. The average molecular weight is 563 g/mol. The van der Waals surface area contributed by atoms with Gasteiger partial charge >= 0.3 is 0 Å². The van der Waals surface area contributed by atoms with Gasteiger partial charge < -0.3 is 10.4 Å². The number of sulfone groups is 1. The molecule has 0 aliphatic heterocycles. The molecule has 1 heterocycles. The third-order valence-corrected chi connectivity index (χ3v) is 7.50. The lowest BCUT2D eigenvalue weighted by molar-refractivity contribution is -0.115. The molecule has 1 amide bonds. The summed E-state index contributed by atoms with van der Waals surface area (Å²) in [6.45, 7) is 0.325. The molecule has 0 aliphatic carbocycles. The van der Waals surface area contributed by atoms with E-state index in [1.807, 2.05) is 18.2 Å². The first-order valence-corrected chi connectivity index (χ1v) is 13.3. The van der Waals surface area contributed by atoms with E-state index < -0.39 is 9.84 Å². The first-order valence-electron chi connectivity index (χ1n) is 10.3. The normalized spacial score (nSPS) is 11.6. The fourth-order valence-electron chi connectivity index (χ4n) is 3.61. The van der Waals surface area contributed by atoms with Crippen molar-refractivity contribution in [2.24, 2.45) is 0 Å². The molecule has 1 aromatic heterocycles. The first-order chi connectivity index (χ1) is 16.1. The van der Waals surface area contributed by atoms with Gasteiger partial charge in [0.05, 0.1) is 30.0 Å². The molecular formula is C24H21BrClN3O4S. The lowest BCUT2D eigenvalue weighted by Crippen LogP contribution is -2.15. The number of aromatic nitrogens is 2. The number of hydrogen-bond donors (Lipinski definition) is 2. The summed E-state index contributed by atoms with van der Waals surface area (Å²) in [7, 11) is -3.59. The average Bonchev–Trinajstić information content (AvgIpc) is 3.17. The van der Waals surface area contributed by atoms with Crippen molar-refractivity contribution in [1.29, 1.82) is 0 Å². The summed E-state index contributed by atoms with van der Waals surface area (Å²) in [6, 6.07) is 15.7. The van der Waals surface area contributed by atoms with Gasteiger partial charge in [-0.15, -0.1) is 0 Å². The summed E-state index contributed by atoms with van der Waals surface area (Å²) in [6.07, 6.45) is 2.85. The van der Waals surface area contributed by atoms with Crippen molar-refractivity contribution in [2.75, 3.05) is 11.6 Å². The molecular weight excluding hydrogens is 542 g/mol. The Morgan fingerprint density at radius 2 is 1.91 bits per heavy atom. The number of benzene rings is 3. The summed E-state index contributed by atoms with van der Waals surface area (Å²) in [5, 5.41) is 17.6. The lowest BCUT2D eigenvalue weighted by atomic mass is 10.1. The lowest BCUT2D eigenvalue weighted by Gasteiger charge is -2.09. The van der Waals surface area contributed by atoms with Crippen molar-refractivity contribution in [3.63, 3.8) is 0 Å². The highest BCUT2D eigenvalue weighted by atomic mass is 79.9. The van der Waals surface area contributed by atoms with E-state index in [9.17, 15) is 18.3 Å². The van der Waals surface area contributed by atoms with Gasteiger partial charge in [-0.1, -0.05) is 57.9 Å². The number of halogens is 2. The maximum atomic E-state index is 12.6. The van der Waals surface area contributed by atoms with Crippen LogP contribution in [0.4, 0.5) is 5.69 Å². The van der Waals surface area contributed by atoms with Gasteiger partial charge in [0.15, 0.2) is 9.84 Å². The second-order valence-electron chi connectivity index (χ2n) is 7.91. The predicted molar refractivity (Wildman–Crippen MR) is 136 cm³/mol. The zero-order valence-corrected chi connectivity index (χ0v) is 21.3. The number of carbonyl (C=O) groups is 1. The van der Waals surface area contributed by atoms with Crippen molar-refractivity contribution in [1.82, 2.24) is 9.78 Å². The molecule has 0 spiro atoms. The molecule has 4 rings (SSSR count). The highest BCUT2D eigenvalue weighted by Gasteiger charge is 2.18. The molecule has 0 unspecified atom stereocenters. The molecule has 7 nitrogen and oxygen atoms in total. The number of anilines is 1. The Hall–Kier alpha value is -2.72. The van der Waals surface area contributed by atoms with Crippen LogP contribution >= 0.6 is 27.5 Å². The van der Waals surface area contributed by atoms with E-state index in [4.69, 9.17) is 11.6 Å². The Bertz CT molecular complexity index is 1500. The fraction of sp³-hybridized carbons (Fsp3) is 0.167. The molecule has 176 valence electrons. The van der Waals surface area contributed by atoms with Crippen LogP contribution in [0.25, 0.3) is 10.9 Å². The van der Waals surface area contributed by atoms with Gasteiger partial charge in [0.1, 0.15) is 0 Å². The number of amides is 1. The molecule has 0 saturated heterocycles. The first kappa shape index (κ1) is 24.4. The van der Waals surface area contributed by atoms with Crippen LogP contribution in [0.2, 0.25) is 5.02 Å². The van der Waals surface area contributed by atoms with Gasteiger partial charge in [0.25, 0.3) is 0 Å². The third kappa shape index (κ3) is 5.50. The van der Waals surface area contributed by atoms with Gasteiger partial charge in [-0.25, -0.2) is 8.42 Å². The Kier molecular flexibility index (Phi) is 7.09. The minimum Gasteiger partial charge on any atom is -0.392 e. The van der Waals surface area contributed by atoms with Crippen LogP contribution in [0.15, 0.2) is 70.2 Å². The third-order valence-electron chi connectivity index (χ3n) is 5.26. The van der Waals surface area contributed by atoms with Crippen LogP contribution in [-0.4, -0.2) is 35.5 Å². The van der Waals surface area contributed by atoms with Crippen molar-refractivity contribution in [3.05, 3.63) is 87.0 Å². The van der Waals surface area contributed by atoms with Crippen molar-refractivity contribution < 1.29 is 18.3 Å². The van der Waals surface area contributed by atoms with E-state index in [2.05, 4.69) is 26.3 Å². The van der Waals surface area contributed by atoms with Crippen molar-refractivity contribution >= 4 is 59.9 Å². The maximum absolute atomic E-state index is 12.6. The summed E-state index contributed by atoms with van der Waals surface area (Å²) >= 11 is 9.65. The van der Waals surface area contributed by atoms with Crippen LogP contribution in [0.5, 0.6) is 0 Å². The van der Waals surface area contributed by atoms with E-state index in [1.54, 1.807) is 41.2 Å². The highest BCUT2D eigenvalue weighted by molar-refractivity contribution is 9.10. The van der Waals surface area contributed by atoms with E-state index in [0.29, 0.717) is 33.7 Å². The molecule has 10 heteroatoms. The topological polar surface area (TPSA) is 101 Å². The fourth-order valence-corrected chi connectivity index (χ4v) is 5.26. The van der Waals surface area contributed by atoms with Gasteiger partial charge in [-0.05, 0) is 41.0 Å². The number of aliphatic hydroxyl groups excluding tert-OH is 1. The van der Waals surface area contributed by atoms with Crippen LogP contribution < -0.4 is 5.32 Å². The Morgan fingerprint density at radius 1 is 1.15 bits per heavy atom. The molecule has 0 fully saturated rings. The zero-order chi connectivity index (χ0) is 24.5. The van der Waals surface area contributed by atoms with Gasteiger partial charge in [-0.2, -0.15) is 5.10 Å². The van der Waals surface area contributed by atoms with Crippen LogP contribution in [0.1, 0.15) is 16.7 Å². The number of fused-ring (bicyclic) bond motifs is 1. The second-order valence-corrected chi connectivity index (χ2v) is 11.2. The van der Waals surface area contributed by atoms with E-state index in [0.717, 1.165) is 21.9 Å². The van der Waals surface area contributed by atoms with Gasteiger partial charge in [-0.3, -0.25) is 9.48 Å². The monoisotopic (exact) mass is 561 g/mol. The molecule has 4 aromatic rings. The van der Waals surface area contributed by atoms with Crippen LogP contribution in [0, 0.1) is 0 Å². The quantitative estimate of drug-likeness (QED) is 0.343. The largest absolute Gasteiger partial charge is 0.392 e. The second kappa shape index (κ2) is 9.87. The zero-order valence-electron chi connectivity index (χ0n) is 18.1. The molecule has 2 N–H and O–H groups in total. The molecule has 0 radical (unpaired) electrons. The standard InChI is InChI=1S/C24H21BrClN3O4S/c1-34(32,33)23-11-18(27-24(31)9-16-4-2-3-5-21(16)26)10-22-19(23)13-29(28-22)12-17-7-6-15(14-30)8-20(17)25/h2-8,10-11,13,30H,9,12,14H2,1H3,(H,27,31). The summed E-state index contributed by atoms with van der Waals surface area (Å²) in [4.78, 5) is 12.7. The molecule has 0 aliphatic rings.